The lowest BCUT2D eigenvalue weighted by Gasteiger charge is -2.31. The minimum absolute atomic E-state index is 0.0393. The summed E-state index contributed by atoms with van der Waals surface area (Å²) in [6.07, 6.45) is 1.20. The molecule has 1 aliphatic heterocycles. The Morgan fingerprint density at radius 3 is 2.76 bits per heavy atom. The highest BCUT2D eigenvalue weighted by molar-refractivity contribution is 5.94. The Kier molecular flexibility index (Phi) is 5.80. The average Bonchev–Trinajstić information content (AvgIpc) is 2.73. The fraction of sp³-hybridized carbons (Fsp3) is 0.538. The molecule has 0 N–H and O–H groups in total. The number of hydrazine groups is 1. The van der Waals surface area contributed by atoms with Crippen molar-refractivity contribution in [3.05, 3.63) is 12.2 Å². The van der Waals surface area contributed by atoms with Crippen LogP contribution in [-0.4, -0.2) is 53.1 Å². The van der Waals surface area contributed by atoms with E-state index in [4.69, 9.17) is 4.74 Å². The highest BCUT2D eigenvalue weighted by Gasteiger charge is 2.31. The Morgan fingerprint density at radius 2 is 2.29 bits per heavy atom. The number of esters is 1. The molecular formula is C13H18N4O4. The molecule has 0 saturated carbocycles. The van der Waals surface area contributed by atoms with E-state index in [1.807, 2.05) is 13.8 Å². The minimum Gasteiger partial charge on any atom is -0.371 e. The van der Waals surface area contributed by atoms with Crippen LogP contribution in [0.1, 0.15) is 27.2 Å². The number of hydrazone groups is 1. The maximum absolute atomic E-state index is 12.1. The van der Waals surface area contributed by atoms with Crippen molar-refractivity contribution < 1.29 is 19.1 Å². The first-order valence-corrected chi connectivity index (χ1v) is 6.42. The topological polar surface area (TPSA) is 91.6 Å². The molecule has 0 fully saturated rings. The van der Waals surface area contributed by atoms with Gasteiger partial charge in [-0.25, -0.2) is 24.4 Å². The third kappa shape index (κ3) is 4.54. The first-order valence-electron chi connectivity index (χ1n) is 6.42. The second-order valence-corrected chi connectivity index (χ2v) is 4.74. The number of rotatable bonds is 5. The van der Waals surface area contributed by atoms with Crippen molar-refractivity contribution in [3.63, 3.8) is 0 Å². The SMILES string of the molecule is C=C(C)C(=O)OC(=O)N(CCN=C=O)N1N=C(C)CC1C. The molecule has 0 aromatic heterocycles. The van der Waals surface area contributed by atoms with Crippen LogP contribution >= 0.6 is 0 Å². The molecular weight excluding hydrogens is 276 g/mol. The van der Waals surface area contributed by atoms with Crippen LogP contribution < -0.4 is 0 Å². The summed E-state index contributed by atoms with van der Waals surface area (Å²) in [7, 11) is 0. The van der Waals surface area contributed by atoms with Crippen molar-refractivity contribution in [3.8, 4) is 0 Å². The molecule has 1 aliphatic rings. The summed E-state index contributed by atoms with van der Waals surface area (Å²) in [5.74, 6) is -0.809. The van der Waals surface area contributed by atoms with Crippen molar-refractivity contribution in [2.45, 2.75) is 33.2 Å². The van der Waals surface area contributed by atoms with Crippen molar-refractivity contribution in [2.75, 3.05) is 13.1 Å². The molecule has 1 rings (SSSR count). The predicted octanol–water partition coefficient (Wildman–Crippen LogP) is 1.25. The van der Waals surface area contributed by atoms with E-state index >= 15 is 0 Å². The van der Waals surface area contributed by atoms with Crippen LogP contribution in [0.25, 0.3) is 0 Å². The first kappa shape index (κ1) is 16.6. The van der Waals surface area contributed by atoms with Crippen molar-refractivity contribution in [2.24, 2.45) is 10.1 Å². The molecule has 0 bridgehead atoms. The molecule has 1 atom stereocenters. The zero-order valence-electron chi connectivity index (χ0n) is 12.3. The smallest absolute Gasteiger partial charge is 0.371 e. The quantitative estimate of drug-likeness (QED) is 0.250. The van der Waals surface area contributed by atoms with Crippen molar-refractivity contribution >= 4 is 23.9 Å². The summed E-state index contributed by atoms with van der Waals surface area (Å²) in [6.45, 7) is 8.66. The number of carbonyl (C=O) groups excluding carboxylic acids is 3. The molecule has 1 heterocycles. The van der Waals surface area contributed by atoms with Gasteiger partial charge in [0.2, 0.25) is 6.08 Å². The second-order valence-electron chi connectivity index (χ2n) is 4.74. The molecule has 8 heteroatoms. The number of isocyanates is 1. The normalized spacial score (nSPS) is 16.8. The van der Waals surface area contributed by atoms with Gasteiger partial charge in [-0.15, -0.1) is 0 Å². The van der Waals surface area contributed by atoms with Crippen LogP contribution in [0.4, 0.5) is 4.79 Å². The van der Waals surface area contributed by atoms with Crippen LogP contribution in [0.2, 0.25) is 0 Å². The van der Waals surface area contributed by atoms with Gasteiger partial charge in [-0.05, 0) is 20.8 Å². The van der Waals surface area contributed by atoms with Crippen LogP contribution in [0.5, 0.6) is 0 Å². The third-order valence-electron chi connectivity index (χ3n) is 2.73. The maximum atomic E-state index is 12.1. The second kappa shape index (κ2) is 7.35. The standard InChI is InChI=1S/C13H18N4O4/c1-9(2)12(19)21-13(20)16(6-5-14-8-18)17-11(4)7-10(3)15-17/h11H,1,5-7H2,2-4H3. The molecule has 114 valence electrons. The lowest BCUT2D eigenvalue weighted by Crippen LogP contribution is -2.48. The minimum atomic E-state index is -0.880. The van der Waals surface area contributed by atoms with Crippen LogP contribution in [0.3, 0.4) is 0 Å². The highest BCUT2D eigenvalue weighted by Crippen LogP contribution is 2.18. The summed E-state index contributed by atoms with van der Waals surface area (Å²) in [6, 6.07) is -0.0577. The van der Waals surface area contributed by atoms with E-state index in [-0.39, 0.29) is 24.7 Å². The van der Waals surface area contributed by atoms with Gasteiger partial charge in [0.15, 0.2) is 0 Å². The number of ether oxygens (including phenoxy) is 1. The monoisotopic (exact) mass is 294 g/mol. The molecule has 1 unspecified atom stereocenters. The van der Waals surface area contributed by atoms with Crippen LogP contribution in [0.15, 0.2) is 22.2 Å². The fourth-order valence-electron chi connectivity index (χ4n) is 1.80. The van der Waals surface area contributed by atoms with Gasteiger partial charge < -0.3 is 4.74 Å². The number of nitrogens with zero attached hydrogens (tertiary/aromatic N) is 4. The van der Waals surface area contributed by atoms with E-state index in [0.29, 0.717) is 6.42 Å². The lowest BCUT2D eigenvalue weighted by molar-refractivity contribution is -0.136. The summed E-state index contributed by atoms with van der Waals surface area (Å²) in [5.41, 5.74) is 0.966. The Hall–Kier alpha value is -2.47. The summed E-state index contributed by atoms with van der Waals surface area (Å²) >= 11 is 0. The Balaban J connectivity index is 2.86. The van der Waals surface area contributed by atoms with Crippen molar-refractivity contribution in [1.29, 1.82) is 0 Å². The summed E-state index contributed by atoms with van der Waals surface area (Å²) in [5, 5.41) is 6.80. The Labute approximate surface area is 122 Å². The molecule has 0 radical (unpaired) electrons. The number of aliphatic imine (C=N–C) groups is 1. The van der Waals surface area contributed by atoms with Gasteiger partial charge in [0.05, 0.1) is 19.1 Å². The zero-order chi connectivity index (χ0) is 16.0. The number of amides is 1. The highest BCUT2D eigenvalue weighted by atomic mass is 16.6. The van der Waals surface area contributed by atoms with Gasteiger partial charge in [-0.2, -0.15) is 10.2 Å². The van der Waals surface area contributed by atoms with Gasteiger partial charge in [-0.3, -0.25) is 0 Å². The zero-order valence-corrected chi connectivity index (χ0v) is 12.3. The predicted molar refractivity (Wildman–Crippen MR) is 75.0 cm³/mol. The molecule has 0 saturated heterocycles. The molecule has 1 amide bonds. The molecule has 8 nitrogen and oxygen atoms in total. The third-order valence-corrected chi connectivity index (χ3v) is 2.73. The van der Waals surface area contributed by atoms with Gasteiger partial charge in [0, 0.05) is 17.7 Å². The average molecular weight is 294 g/mol. The fourth-order valence-corrected chi connectivity index (χ4v) is 1.80. The number of carbonyl (C=O) groups is 2. The van der Waals surface area contributed by atoms with E-state index in [1.54, 1.807) is 0 Å². The Bertz CT molecular complexity index is 522. The molecule has 0 spiro atoms. The van der Waals surface area contributed by atoms with E-state index in [1.165, 1.54) is 18.1 Å². The largest absolute Gasteiger partial charge is 0.438 e. The van der Waals surface area contributed by atoms with Crippen LogP contribution in [0, 0.1) is 0 Å². The van der Waals surface area contributed by atoms with Crippen LogP contribution in [-0.2, 0) is 14.3 Å². The van der Waals surface area contributed by atoms with E-state index in [2.05, 4.69) is 16.7 Å². The lowest BCUT2D eigenvalue weighted by atomic mass is 10.2. The maximum Gasteiger partial charge on any atom is 0.438 e. The number of hydrogen-bond donors (Lipinski definition) is 0. The molecule has 0 aromatic rings. The summed E-state index contributed by atoms with van der Waals surface area (Å²) in [4.78, 5) is 37.0. The van der Waals surface area contributed by atoms with Crippen molar-refractivity contribution in [1.82, 2.24) is 10.1 Å². The first-order chi connectivity index (χ1) is 9.86. The summed E-state index contributed by atoms with van der Waals surface area (Å²) < 4.78 is 4.70. The Morgan fingerprint density at radius 1 is 1.62 bits per heavy atom. The number of hydrogen-bond acceptors (Lipinski definition) is 7. The van der Waals surface area contributed by atoms with Gasteiger partial charge >= 0.3 is 12.1 Å². The van der Waals surface area contributed by atoms with Gasteiger partial charge in [0.25, 0.3) is 0 Å². The molecule has 0 aromatic carbocycles. The molecule has 21 heavy (non-hydrogen) atoms. The van der Waals surface area contributed by atoms with Gasteiger partial charge in [-0.1, -0.05) is 6.58 Å². The van der Waals surface area contributed by atoms with E-state index in [9.17, 15) is 14.4 Å². The van der Waals surface area contributed by atoms with E-state index < -0.39 is 12.1 Å². The van der Waals surface area contributed by atoms with E-state index in [0.717, 1.165) is 10.7 Å². The van der Waals surface area contributed by atoms with Gasteiger partial charge in [0.1, 0.15) is 0 Å². The molecule has 0 aliphatic carbocycles.